The van der Waals surface area contributed by atoms with Gasteiger partial charge in [-0.1, -0.05) is 36.4 Å². The number of rotatable bonds is 1. The molecule has 2 nitrogen and oxygen atoms in total. The van der Waals surface area contributed by atoms with Crippen molar-refractivity contribution in [3.05, 3.63) is 83.9 Å². The van der Waals surface area contributed by atoms with E-state index in [4.69, 9.17) is 8.83 Å². The van der Waals surface area contributed by atoms with Crippen LogP contribution in [0.5, 0.6) is 0 Å². The molecule has 0 N–H and O–H groups in total. The van der Waals surface area contributed by atoms with Crippen molar-refractivity contribution < 1.29 is 8.83 Å². The molecule has 0 saturated carbocycles. The fraction of sp³-hybridized carbons (Fsp3) is 0.0769. The Labute approximate surface area is 162 Å². The molecule has 0 radical (unpaired) electrons. The number of aryl methyl sites for hydroxylation is 2. The number of furan rings is 2. The predicted molar refractivity (Wildman–Crippen MR) is 116 cm³/mol. The van der Waals surface area contributed by atoms with Crippen molar-refractivity contribution in [3.8, 4) is 11.1 Å². The van der Waals surface area contributed by atoms with Gasteiger partial charge in [0.25, 0.3) is 0 Å². The van der Waals surface area contributed by atoms with Crippen LogP contribution in [0.25, 0.3) is 55.0 Å². The normalized spacial score (nSPS) is 11.9. The third-order valence-electron chi connectivity index (χ3n) is 5.66. The molecule has 0 atom stereocenters. The Morgan fingerprint density at radius 3 is 2.11 bits per heavy atom. The molecular weight excluding hydrogens is 344 g/mol. The first-order chi connectivity index (χ1) is 13.7. The van der Waals surface area contributed by atoms with Gasteiger partial charge in [0, 0.05) is 21.5 Å². The lowest BCUT2D eigenvalue weighted by atomic mass is 9.97. The molecule has 28 heavy (non-hydrogen) atoms. The van der Waals surface area contributed by atoms with E-state index in [1.807, 2.05) is 12.1 Å². The summed E-state index contributed by atoms with van der Waals surface area (Å²) in [5, 5.41) is 4.64. The summed E-state index contributed by atoms with van der Waals surface area (Å²) in [7, 11) is 0. The molecule has 4 aromatic carbocycles. The highest BCUT2D eigenvalue weighted by Gasteiger charge is 2.13. The number of fused-ring (bicyclic) bond motifs is 6. The van der Waals surface area contributed by atoms with Crippen molar-refractivity contribution in [2.45, 2.75) is 13.8 Å². The molecular formula is C26H18O2. The molecule has 0 fully saturated rings. The lowest BCUT2D eigenvalue weighted by molar-refractivity contribution is 0.668. The molecule has 0 aliphatic rings. The second-order valence-corrected chi connectivity index (χ2v) is 7.57. The van der Waals surface area contributed by atoms with Crippen LogP contribution in [0.2, 0.25) is 0 Å². The summed E-state index contributed by atoms with van der Waals surface area (Å²) < 4.78 is 12.2. The predicted octanol–water partition coefficient (Wildman–Crippen LogP) is 7.77. The third-order valence-corrected chi connectivity index (χ3v) is 5.66. The Morgan fingerprint density at radius 1 is 0.536 bits per heavy atom. The van der Waals surface area contributed by atoms with E-state index in [1.165, 1.54) is 16.7 Å². The zero-order valence-electron chi connectivity index (χ0n) is 15.7. The molecule has 0 amide bonds. The maximum Gasteiger partial charge on any atom is 0.136 e. The van der Waals surface area contributed by atoms with Gasteiger partial charge >= 0.3 is 0 Å². The van der Waals surface area contributed by atoms with Gasteiger partial charge in [-0.05, 0) is 72.5 Å². The minimum atomic E-state index is 0.919. The van der Waals surface area contributed by atoms with Crippen molar-refractivity contribution in [3.63, 3.8) is 0 Å². The molecule has 0 aliphatic carbocycles. The van der Waals surface area contributed by atoms with Crippen molar-refractivity contribution in [2.24, 2.45) is 0 Å². The lowest BCUT2D eigenvalue weighted by Gasteiger charge is -2.06. The van der Waals surface area contributed by atoms with Crippen LogP contribution in [0.15, 0.2) is 81.6 Å². The van der Waals surface area contributed by atoms with Crippen molar-refractivity contribution in [1.29, 1.82) is 0 Å². The quantitative estimate of drug-likeness (QED) is 0.299. The van der Waals surface area contributed by atoms with Crippen LogP contribution in [-0.2, 0) is 0 Å². The van der Waals surface area contributed by atoms with Gasteiger partial charge in [0.15, 0.2) is 0 Å². The molecule has 0 bridgehead atoms. The van der Waals surface area contributed by atoms with Gasteiger partial charge in [-0.25, -0.2) is 0 Å². The fourth-order valence-corrected chi connectivity index (χ4v) is 4.24. The van der Waals surface area contributed by atoms with E-state index in [9.17, 15) is 0 Å². The summed E-state index contributed by atoms with van der Waals surface area (Å²) in [6, 6.07) is 25.4. The number of hydrogen-bond acceptors (Lipinski definition) is 2. The highest BCUT2D eigenvalue weighted by atomic mass is 16.3. The van der Waals surface area contributed by atoms with Crippen LogP contribution in [-0.4, -0.2) is 0 Å². The summed E-state index contributed by atoms with van der Waals surface area (Å²) >= 11 is 0. The van der Waals surface area contributed by atoms with Crippen molar-refractivity contribution in [1.82, 2.24) is 0 Å². The van der Waals surface area contributed by atoms with Crippen molar-refractivity contribution >= 4 is 43.9 Å². The molecule has 0 unspecified atom stereocenters. The van der Waals surface area contributed by atoms with Crippen LogP contribution in [0.4, 0.5) is 0 Å². The van der Waals surface area contributed by atoms with E-state index in [1.54, 1.807) is 0 Å². The second-order valence-electron chi connectivity index (χ2n) is 7.57. The molecule has 2 heteroatoms. The summed E-state index contributed by atoms with van der Waals surface area (Å²) in [4.78, 5) is 0. The summed E-state index contributed by atoms with van der Waals surface area (Å²) in [6.45, 7) is 4.24. The minimum Gasteiger partial charge on any atom is -0.456 e. The first-order valence-corrected chi connectivity index (χ1v) is 9.52. The van der Waals surface area contributed by atoms with E-state index in [2.05, 4.69) is 74.5 Å². The van der Waals surface area contributed by atoms with Gasteiger partial charge in [0.1, 0.15) is 22.3 Å². The minimum absolute atomic E-state index is 0.919. The zero-order chi connectivity index (χ0) is 18.8. The first-order valence-electron chi connectivity index (χ1n) is 9.52. The SMILES string of the molecule is Cc1ccc2c(c1)oc1cc(-c3cc4oc5ccccc5c4cc3C)ccc12. The van der Waals surface area contributed by atoms with E-state index in [0.29, 0.717) is 0 Å². The van der Waals surface area contributed by atoms with Gasteiger partial charge in [0.05, 0.1) is 0 Å². The van der Waals surface area contributed by atoms with E-state index in [0.717, 1.165) is 49.4 Å². The van der Waals surface area contributed by atoms with E-state index in [-0.39, 0.29) is 0 Å². The second kappa shape index (κ2) is 5.49. The summed E-state index contributed by atoms with van der Waals surface area (Å²) in [5.41, 5.74) is 8.45. The highest BCUT2D eigenvalue weighted by molar-refractivity contribution is 6.08. The Bertz CT molecular complexity index is 1530. The van der Waals surface area contributed by atoms with Crippen LogP contribution in [0, 0.1) is 13.8 Å². The molecule has 0 spiro atoms. The molecule has 134 valence electrons. The number of para-hydroxylation sites is 1. The van der Waals surface area contributed by atoms with Gasteiger partial charge < -0.3 is 8.83 Å². The Hall–Kier alpha value is -3.52. The molecule has 0 aliphatic heterocycles. The van der Waals surface area contributed by atoms with Crippen LogP contribution in [0.3, 0.4) is 0 Å². The topological polar surface area (TPSA) is 26.3 Å². The number of hydrogen-bond donors (Lipinski definition) is 0. The Morgan fingerprint density at radius 2 is 1.21 bits per heavy atom. The first kappa shape index (κ1) is 15.5. The summed E-state index contributed by atoms with van der Waals surface area (Å²) in [5.74, 6) is 0. The molecule has 6 aromatic rings. The maximum atomic E-state index is 6.15. The van der Waals surface area contributed by atoms with Gasteiger partial charge in [0.2, 0.25) is 0 Å². The Kier molecular flexibility index (Phi) is 3.05. The largest absolute Gasteiger partial charge is 0.456 e. The molecule has 0 saturated heterocycles. The van der Waals surface area contributed by atoms with Gasteiger partial charge in [-0.15, -0.1) is 0 Å². The smallest absolute Gasteiger partial charge is 0.136 e. The molecule has 6 rings (SSSR count). The summed E-state index contributed by atoms with van der Waals surface area (Å²) in [6.07, 6.45) is 0. The fourth-order valence-electron chi connectivity index (χ4n) is 4.24. The average molecular weight is 362 g/mol. The zero-order valence-corrected chi connectivity index (χ0v) is 15.7. The van der Waals surface area contributed by atoms with Crippen LogP contribution in [0.1, 0.15) is 11.1 Å². The standard InChI is InChI=1S/C26H18O2/c1-15-7-9-19-20-10-8-17(13-25(20)28-24(19)11-15)21-14-26-22(12-16(21)2)18-5-3-4-6-23(18)27-26/h3-14H,1-2H3. The lowest BCUT2D eigenvalue weighted by Crippen LogP contribution is -1.83. The van der Waals surface area contributed by atoms with Crippen molar-refractivity contribution in [2.75, 3.05) is 0 Å². The maximum absolute atomic E-state index is 6.15. The average Bonchev–Trinajstić information content (AvgIpc) is 3.23. The third kappa shape index (κ3) is 2.15. The van der Waals surface area contributed by atoms with Crippen LogP contribution >= 0.6 is 0 Å². The molecule has 2 aromatic heterocycles. The monoisotopic (exact) mass is 362 g/mol. The Balaban J connectivity index is 1.59. The van der Waals surface area contributed by atoms with Gasteiger partial charge in [-0.3, -0.25) is 0 Å². The molecule has 2 heterocycles. The van der Waals surface area contributed by atoms with E-state index < -0.39 is 0 Å². The number of benzene rings is 4. The van der Waals surface area contributed by atoms with E-state index >= 15 is 0 Å². The highest BCUT2D eigenvalue weighted by Crippen LogP contribution is 2.37. The van der Waals surface area contributed by atoms with Crippen LogP contribution < -0.4 is 0 Å². The van der Waals surface area contributed by atoms with Gasteiger partial charge in [-0.2, -0.15) is 0 Å².